The standard InChI is InChI=1S/C13H18FNO/c1-9(10-5-7-11(14)8-6-10)15-12-3-2-4-13(12)16/h5-9,12-13,15-16H,2-4H2,1H3/t9-,12-,13-/m0/s1. The Hall–Kier alpha value is -0.930. The molecule has 0 heterocycles. The first kappa shape index (κ1) is 11.6. The molecule has 0 radical (unpaired) electrons. The highest BCUT2D eigenvalue weighted by Gasteiger charge is 2.26. The number of nitrogens with one attached hydrogen (secondary N) is 1. The fourth-order valence-electron chi connectivity index (χ4n) is 2.30. The van der Waals surface area contributed by atoms with Crippen molar-refractivity contribution in [2.75, 3.05) is 0 Å². The minimum Gasteiger partial charge on any atom is -0.392 e. The van der Waals surface area contributed by atoms with Gasteiger partial charge in [-0.3, -0.25) is 0 Å². The Bertz CT molecular complexity index is 338. The molecular weight excluding hydrogens is 205 g/mol. The molecule has 2 rings (SSSR count). The van der Waals surface area contributed by atoms with Crippen LogP contribution in [0.15, 0.2) is 24.3 Å². The van der Waals surface area contributed by atoms with Crippen molar-refractivity contribution in [3.63, 3.8) is 0 Å². The van der Waals surface area contributed by atoms with Crippen LogP contribution in [-0.4, -0.2) is 17.3 Å². The summed E-state index contributed by atoms with van der Waals surface area (Å²) in [6.07, 6.45) is 2.75. The SMILES string of the molecule is C[C@H](N[C@H]1CCC[C@@H]1O)c1ccc(F)cc1. The van der Waals surface area contributed by atoms with Crippen LogP contribution in [-0.2, 0) is 0 Å². The van der Waals surface area contributed by atoms with Crippen LogP contribution in [0, 0.1) is 5.82 Å². The van der Waals surface area contributed by atoms with Crippen LogP contribution in [0.5, 0.6) is 0 Å². The van der Waals surface area contributed by atoms with Gasteiger partial charge in [0.15, 0.2) is 0 Å². The molecule has 1 saturated carbocycles. The Balaban J connectivity index is 1.97. The molecule has 1 fully saturated rings. The van der Waals surface area contributed by atoms with Crippen LogP contribution in [0.3, 0.4) is 0 Å². The van der Waals surface area contributed by atoms with E-state index in [0.717, 1.165) is 24.8 Å². The number of benzene rings is 1. The minimum atomic E-state index is -0.233. The molecule has 0 spiro atoms. The van der Waals surface area contributed by atoms with E-state index in [0.29, 0.717) is 0 Å². The normalized spacial score (nSPS) is 26.9. The van der Waals surface area contributed by atoms with E-state index in [1.807, 2.05) is 6.92 Å². The van der Waals surface area contributed by atoms with Crippen molar-refractivity contribution in [1.82, 2.24) is 5.32 Å². The quantitative estimate of drug-likeness (QED) is 0.824. The van der Waals surface area contributed by atoms with Crippen LogP contribution in [0.1, 0.15) is 37.8 Å². The second kappa shape index (κ2) is 4.93. The molecular formula is C13H18FNO. The second-order valence-electron chi connectivity index (χ2n) is 4.54. The topological polar surface area (TPSA) is 32.3 Å². The lowest BCUT2D eigenvalue weighted by atomic mass is 10.1. The average molecular weight is 223 g/mol. The highest BCUT2D eigenvalue weighted by atomic mass is 19.1. The van der Waals surface area contributed by atoms with E-state index in [-0.39, 0.29) is 24.0 Å². The molecule has 1 aliphatic carbocycles. The van der Waals surface area contributed by atoms with E-state index >= 15 is 0 Å². The summed E-state index contributed by atoms with van der Waals surface area (Å²) in [5.41, 5.74) is 1.06. The van der Waals surface area contributed by atoms with Gasteiger partial charge in [0, 0.05) is 12.1 Å². The van der Waals surface area contributed by atoms with Gasteiger partial charge in [-0.25, -0.2) is 4.39 Å². The number of aliphatic hydroxyl groups is 1. The van der Waals surface area contributed by atoms with Crippen LogP contribution < -0.4 is 5.32 Å². The molecule has 1 aliphatic rings. The Morgan fingerprint density at radius 1 is 1.31 bits per heavy atom. The Morgan fingerprint density at radius 2 is 2.00 bits per heavy atom. The number of hydrogen-bond acceptors (Lipinski definition) is 2. The summed E-state index contributed by atoms with van der Waals surface area (Å²) in [6.45, 7) is 2.04. The molecule has 88 valence electrons. The van der Waals surface area contributed by atoms with Crippen LogP contribution in [0.25, 0.3) is 0 Å². The highest BCUT2D eigenvalue weighted by molar-refractivity contribution is 5.19. The maximum Gasteiger partial charge on any atom is 0.123 e. The number of halogens is 1. The van der Waals surface area contributed by atoms with Crippen molar-refractivity contribution < 1.29 is 9.50 Å². The van der Waals surface area contributed by atoms with Gasteiger partial charge in [0.05, 0.1) is 6.10 Å². The molecule has 3 atom stereocenters. The fourth-order valence-corrected chi connectivity index (χ4v) is 2.30. The predicted molar refractivity (Wildman–Crippen MR) is 61.6 cm³/mol. The smallest absolute Gasteiger partial charge is 0.123 e. The first-order valence-corrected chi connectivity index (χ1v) is 5.86. The Morgan fingerprint density at radius 3 is 2.56 bits per heavy atom. The van der Waals surface area contributed by atoms with Gasteiger partial charge >= 0.3 is 0 Å². The van der Waals surface area contributed by atoms with Crippen molar-refractivity contribution in [3.05, 3.63) is 35.6 Å². The van der Waals surface area contributed by atoms with Gasteiger partial charge in [0.2, 0.25) is 0 Å². The Kier molecular flexibility index (Phi) is 3.56. The molecule has 0 aliphatic heterocycles. The van der Waals surface area contributed by atoms with Gasteiger partial charge in [0.25, 0.3) is 0 Å². The van der Waals surface area contributed by atoms with Crippen LogP contribution in [0.2, 0.25) is 0 Å². The second-order valence-corrected chi connectivity index (χ2v) is 4.54. The molecule has 0 bridgehead atoms. The van der Waals surface area contributed by atoms with Crippen molar-refractivity contribution in [1.29, 1.82) is 0 Å². The van der Waals surface area contributed by atoms with E-state index in [2.05, 4.69) is 5.32 Å². The molecule has 1 aromatic carbocycles. The highest BCUT2D eigenvalue weighted by Crippen LogP contribution is 2.22. The lowest BCUT2D eigenvalue weighted by molar-refractivity contribution is 0.144. The molecule has 0 aromatic heterocycles. The molecule has 2 nitrogen and oxygen atoms in total. The molecule has 0 saturated heterocycles. The molecule has 2 N–H and O–H groups in total. The summed E-state index contributed by atoms with van der Waals surface area (Å²) in [5.74, 6) is -0.211. The predicted octanol–water partition coefficient (Wildman–Crippen LogP) is 2.39. The summed E-state index contributed by atoms with van der Waals surface area (Å²) in [5, 5.41) is 13.1. The molecule has 16 heavy (non-hydrogen) atoms. The molecule has 0 unspecified atom stereocenters. The lowest BCUT2D eigenvalue weighted by Gasteiger charge is -2.22. The summed E-state index contributed by atoms with van der Waals surface area (Å²) in [7, 11) is 0. The van der Waals surface area contributed by atoms with E-state index < -0.39 is 0 Å². The fraction of sp³-hybridized carbons (Fsp3) is 0.538. The van der Waals surface area contributed by atoms with Gasteiger partial charge in [-0.15, -0.1) is 0 Å². The number of hydrogen-bond donors (Lipinski definition) is 2. The van der Waals surface area contributed by atoms with Gasteiger partial charge < -0.3 is 10.4 Å². The maximum absolute atomic E-state index is 12.8. The summed E-state index contributed by atoms with van der Waals surface area (Å²) in [4.78, 5) is 0. The van der Waals surface area contributed by atoms with Gasteiger partial charge in [0.1, 0.15) is 5.82 Å². The van der Waals surface area contributed by atoms with E-state index in [4.69, 9.17) is 0 Å². The summed E-state index contributed by atoms with van der Waals surface area (Å²) < 4.78 is 12.8. The first-order chi connectivity index (χ1) is 7.66. The monoisotopic (exact) mass is 223 g/mol. The van der Waals surface area contributed by atoms with Crippen molar-refractivity contribution in [2.24, 2.45) is 0 Å². The largest absolute Gasteiger partial charge is 0.392 e. The maximum atomic E-state index is 12.8. The van der Waals surface area contributed by atoms with Crippen LogP contribution in [0.4, 0.5) is 4.39 Å². The minimum absolute atomic E-state index is 0.151. The van der Waals surface area contributed by atoms with E-state index in [1.54, 1.807) is 12.1 Å². The van der Waals surface area contributed by atoms with Crippen molar-refractivity contribution in [2.45, 2.75) is 44.4 Å². The molecule has 1 aromatic rings. The zero-order valence-electron chi connectivity index (χ0n) is 9.49. The van der Waals surface area contributed by atoms with Gasteiger partial charge in [-0.05, 0) is 43.9 Å². The third-order valence-electron chi connectivity index (χ3n) is 3.31. The van der Waals surface area contributed by atoms with Crippen molar-refractivity contribution in [3.8, 4) is 0 Å². The zero-order chi connectivity index (χ0) is 11.5. The third kappa shape index (κ3) is 2.60. The zero-order valence-corrected chi connectivity index (χ0v) is 9.49. The van der Waals surface area contributed by atoms with E-state index in [9.17, 15) is 9.50 Å². The number of rotatable bonds is 3. The van der Waals surface area contributed by atoms with E-state index in [1.165, 1.54) is 12.1 Å². The Labute approximate surface area is 95.5 Å². The summed E-state index contributed by atoms with van der Waals surface area (Å²) >= 11 is 0. The third-order valence-corrected chi connectivity index (χ3v) is 3.31. The summed E-state index contributed by atoms with van der Waals surface area (Å²) in [6, 6.07) is 6.85. The lowest BCUT2D eigenvalue weighted by Crippen LogP contribution is -2.37. The van der Waals surface area contributed by atoms with Crippen molar-refractivity contribution >= 4 is 0 Å². The van der Waals surface area contributed by atoms with Gasteiger partial charge in [-0.2, -0.15) is 0 Å². The number of aliphatic hydroxyl groups excluding tert-OH is 1. The molecule has 0 amide bonds. The first-order valence-electron chi connectivity index (χ1n) is 5.86. The van der Waals surface area contributed by atoms with Crippen LogP contribution >= 0.6 is 0 Å². The van der Waals surface area contributed by atoms with Gasteiger partial charge in [-0.1, -0.05) is 12.1 Å². The average Bonchev–Trinajstić information content (AvgIpc) is 2.65. The molecule has 3 heteroatoms.